The molecule has 7 aliphatic rings. The molecule has 4 saturated heterocycles. The zero-order chi connectivity index (χ0) is 102. The molecule has 143 heavy (non-hydrogen) atoms. The van der Waals surface area contributed by atoms with Crippen LogP contribution in [0.5, 0.6) is 46.0 Å². The van der Waals surface area contributed by atoms with Crippen LogP contribution in [0.3, 0.4) is 0 Å². The Bertz CT molecular complexity index is 6520. The normalized spacial score (nSPS) is 18.6. The summed E-state index contributed by atoms with van der Waals surface area (Å²) in [7, 11) is 16.6. The highest BCUT2D eigenvalue weighted by molar-refractivity contribution is 7.07. The molecule has 0 aliphatic carbocycles. The molecule has 8 atom stereocenters. The average molecular weight is 2100 g/mol. The van der Waals surface area contributed by atoms with Crippen molar-refractivity contribution < 1.29 is 90.4 Å². The lowest BCUT2D eigenvalue weighted by molar-refractivity contribution is -0.118. The second-order valence-electron chi connectivity index (χ2n) is 32.1. The van der Waals surface area contributed by atoms with Crippen molar-refractivity contribution in [1.82, 2.24) is 70.7 Å². The molecule has 13 heterocycles. The van der Waals surface area contributed by atoms with Crippen LogP contribution in [0.25, 0.3) is 22.2 Å². The summed E-state index contributed by atoms with van der Waals surface area (Å²) in [4.78, 5) is 150. The monoisotopic (exact) mass is 2100 g/mol. The molecular weight excluding hydrogens is 2010 g/mol. The van der Waals surface area contributed by atoms with Gasteiger partial charge in [0.1, 0.15) is 71.9 Å². The van der Waals surface area contributed by atoms with E-state index in [1.165, 1.54) is 114 Å². The molecule has 44 nitrogen and oxygen atoms in total. The molecule has 4 fully saturated rings. The predicted octanol–water partition coefficient (Wildman–Crippen LogP) is 11.1. The topological polar surface area (TPSA) is 484 Å². The van der Waals surface area contributed by atoms with E-state index >= 15 is 0 Å². The van der Waals surface area contributed by atoms with Crippen molar-refractivity contribution in [3.05, 3.63) is 192 Å². The Kier molecular flexibility index (Phi) is 34.2. The predicted molar refractivity (Wildman–Crippen MR) is 539 cm³/mol. The van der Waals surface area contributed by atoms with Crippen LogP contribution in [-0.2, 0) is 71.4 Å². The number of carbonyl (C=O) groups excluding carboxylic acids is 7. The van der Waals surface area contributed by atoms with Gasteiger partial charge in [-0.2, -0.15) is 19.9 Å². The van der Waals surface area contributed by atoms with Crippen LogP contribution in [-0.4, -0.2) is 263 Å². The molecule has 8 unspecified atom stereocenters. The summed E-state index contributed by atoms with van der Waals surface area (Å²) in [5.74, 6) is 3.90. The highest BCUT2D eigenvalue weighted by atomic mass is 35.5. The number of ether oxygens (including phenoxy) is 12. The Morgan fingerprint density at radius 1 is 0.427 bits per heavy atom. The first-order chi connectivity index (χ1) is 68.9. The van der Waals surface area contributed by atoms with Gasteiger partial charge in [0.05, 0.1) is 222 Å². The third-order valence-corrected chi connectivity index (χ3v) is 26.3. The number of methoxy groups -OCH3 is 8. The summed E-state index contributed by atoms with van der Waals surface area (Å²) in [5, 5.41) is 27.3. The van der Waals surface area contributed by atoms with Crippen molar-refractivity contribution >= 4 is 192 Å². The van der Waals surface area contributed by atoms with Gasteiger partial charge in [0.15, 0.2) is 11.5 Å². The summed E-state index contributed by atoms with van der Waals surface area (Å²) >= 11 is 41.1. The van der Waals surface area contributed by atoms with E-state index < -0.39 is 12.1 Å². The van der Waals surface area contributed by atoms with Gasteiger partial charge < -0.3 is 99.4 Å². The molecule has 17 rings (SSSR count). The first kappa shape index (κ1) is 105. The Morgan fingerprint density at radius 2 is 0.790 bits per heavy atom. The minimum absolute atomic E-state index is 0.0847. The summed E-state index contributed by atoms with van der Waals surface area (Å²) in [6, 6.07) is 8.89. The second kappa shape index (κ2) is 46.7. The van der Waals surface area contributed by atoms with Gasteiger partial charge >= 0.3 is 18.1 Å². The van der Waals surface area contributed by atoms with E-state index in [1.54, 1.807) is 81.6 Å². The number of thiazole rings is 1. The number of anilines is 10. The van der Waals surface area contributed by atoms with E-state index in [-0.39, 0.29) is 191 Å². The van der Waals surface area contributed by atoms with Crippen molar-refractivity contribution in [3.8, 4) is 57.1 Å². The number of urea groups is 3. The van der Waals surface area contributed by atoms with E-state index in [4.69, 9.17) is 131 Å². The minimum Gasteiger partial charge on any atom is -0.497 e. The number of fused-ring (bicyclic) bond motifs is 4. The highest BCUT2D eigenvalue weighted by Crippen LogP contribution is 2.56. The van der Waals surface area contributed by atoms with Crippen LogP contribution in [0.4, 0.5) is 72.7 Å². The van der Waals surface area contributed by atoms with E-state index in [0.717, 1.165) is 17.0 Å². The fraction of sp³-hybridized carbons (Fsp3) is 0.337. The lowest BCUT2D eigenvalue weighted by atomic mass is 10.0. The van der Waals surface area contributed by atoms with Crippen LogP contribution in [0, 0.1) is 0 Å². The third kappa shape index (κ3) is 22.7. The molecule has 51 heteroatoms. The number of hydrogen-bond donors (Lipinski definition) is 8. The van der Waals surface area contributed by atoms with E-state index in [2.05, 4.69) is 109 Å². The molecule has 10 aromatic rings. The van der Waals surface area contributed by atoms with Gasteiger partial charge in [-0.15, -0.1) is 11.3 Å². The van der Waals surface area contributed by atoms with Crippen LogP contribution in [0.2, 0.25) is 30.1 Å². The van der Waals surface area contributed by atoms with Crippen molar-refractivity contribution in [3.63, 3.8) is 0 Å². The summed E-state index contributed by atoms with van der Waals surface area (Å²) in [6.07, 6.45) is 11.3. The molecule has 0 spiro atoms. The zero-order valence-electron chi connectivity index (χ0n) is 78.7. The smallest absolute Gasteiger partial charge is 0.330 e. The number of pyridine rings is 1. The van der Waals surface area contributed by atoms with Crippen molar-refractivity contribution in [2.45, 2.75) is 74.5 Å². The standard InChI is InChI=1S/C25H25Cl2N7O5S.C23H26Cl2N6O6.C23H23Cl2N5O5.C21H24N6O4/c1-4-19(35)30-15-9-39-10-16(15)31-24-28-6-13-7-33(22-20(26)17(37-2)5-18(38-3)21(22)27)25(36)34(23(13)32-24)8-14-11-40-12-29-14;1-6-14(32)27-12-9-37-10-13(12)28-22-26-7-11-8-31(23(33)30(2)21(11)29-22)17-15(24)18(34-3)20(36-5)19(35-4)16(17)25;1-5-17(31)27-13-9-35-10-14(13)28-23-26-8-11-6-12(22(32)30(2)21(11)29-23)18-19(24)15(33-3)7-16(34-4)20(18)25;1-4-18(28)23-16-11-31-12-17(16)24-20-22-9-13-10-27(21(29)26(2)19(13)25-20)14-5-7-15(30-3)8-6-14/h4-6,11-12,15-16H,1,7-10H2,2-3H3,(H,30,35)(H,28,31,32);6-7,12-13H,1,8-10H2,2-5H3,(H,27,32)(H,26,28,29);5-8,13-14H,1,9-10H2,2-4H3,(H,27,31)(H,26,28,29);4-9,16-17H,1,10-12H2,2-3H3,(H,23,28)(H,22,24,25). The van der Waals surface area contributed by atoms with Gasteiger partial charge in [0.2, 0.25) is 53.2 Å². The average Bonchev–Trinajstić information content (AvgIpc) is 0.774. The third-order valence-electron chi connectivity index (χ3n) is 23.4. The van der Waals surface area contributed by atoms with Gasteiger partial charge in [-0.1, -0.05) is 95.9 Å². The molecule has 754 valence electrons. The maximum Gasteiger partial charge on any atom is 0.330 e. The number of nitrogens with zero attached hydrogens (tertiary/aromatic N) is 16. The van der Waals surface area contributed by atoms with Gasteiger partial charge in [0, 0.05) is 96.8 Å². The largest absolute Gasteiger partial charge is 0.497 e. The second-order valence-corrected chi connectivity index (χ2v) is 35.0. The Hall–Kier alpha value is -14.1. The summed E-state index contributed by atoms with van der Waals surface area (Å²) < 4.78 is 66.2. The number of hydrogen-bond acceptors (Lipinski definition) is 34. The van der Waals surface area contributed by atoms with Crippen molar-refractivity contribution in [1.29, 1.82) is 0 Å². The number of nitrogens with one attached hydrogen (secondary N) is 8. The molecule has 4 aromatic carbocycles. The molecule has 0 saturated carbocycles. The van der Waals surface area contributed by atoms with Crippen molar-refractivity contribution in [2.75, 3.05) is 174 Å². The first-order valence-corrected chi connectivity index (χ1v) is 46.7. The Labute approximate surface area is 852 Å². The molecule has 7 aliphatic heterocycles. The number of halogens is 6. The number of rotatable bonds is 30. The van der Waals surface area contributed by atoms with Gasteiger partial charge in [0.25, 0.3) is 5.56 Å². The van der Waals surface area contributed by atoms with Gasteiger partial charge in [-0.05, 0) is 54.6 Å². The molecule has 8 N–H and O–H groups in total. The number of benzene rings is 4. The van der Waals surface area contributed by atoms with Crippen LogP contribution in [0.15, 0.2) is 134 Å². The maximum atomic E-state index is 14.1. The summed E-state index contributed by atoms with van der Waals surface area (Å²) in [6.45, 7) is 17.4. The van der Waals surface area contributed by atoms with Gasteiger partial charge in [-0.3, -0.25) is 57.9 Å². The lowest BCUT2D eigenvalue weighted by Gasteiger charge is -2.37. The van der Waals surface area contributed by atoms with E-state index in [1.807, 2.05) is 29.6 Å². The fourth-order valence-corrected chi connectivity index (χ4v) is 18.8. The van der Waals surface area contributed by atoms with Crippen molar-refractivity contribution in [2.24, 2.45) is 7.05 Å². The minimum atomic E-state index is -0.435. The maximum absolute atomic E-state index is 14.1. The first-order valence-electron chi connectivity index (χ1n) is 43.5. The van der Waals surface area contributed by atoms with Gasteiger partial charge in [-0.25, -0.2) is 39.3 Å². The van der Waals surface area contributed by atoms with Crippen LogP contribution >= 0.6 is 80.9 Å². The molecular formula is C92H98Cl6N24O20S. The zero-order valence-corrected chi connectivity index (χ0v) is 84.1. The number of amides is 10. The Morgan fingerprint density at radius 3 is 1.18 bits per heavy atom. The SMILES string of the molecule is C=CC(=O)NC1COCC1Nc1ncc2c(n1)N(C)C(=O)N(c1c(Cl)c(OC)c(OC)c(OC)c1Cl)C2.C=CC(=O)NC1COCC1Nc1ncc2c(n1)N(C)C(=O)N(c1ccc(OC)cc1)C2.C=CC(=O)NC1COCC1Nc1ncc2c(n1)N(Cc1cscn1)C(=O)N(c1c(Cl)c(OC)cc(OC)c1Cl)C2.C=CC(=O)NC1COCC1Nc1ncc2cc(-c3c(Cl)c(OC)cc(OC)c3Cl)c(=O)n(C)c2n1. The Balaban J connectivity index is 0.000000152. The fourth-order valence-electron chi connectivity index (χ4n) is 16.1. The highest BCUT2D eigenvalue weighted by Gasteiger charge is 2.43. The number of carbonyl (C=O) groups is 7. The lowest BCUT2D eigenvalue weighted by Crippen LogP contribution is -2.48. The molecule has 0 radical (unpaired) electrons. The quantitative estimate of drug-likeness (QED) is 0.0194. The number of aromatic nitrogens is 10. The summed E-state index contributed by atoms with van der Waals surface area (Å²) in [5.41, 5.74) is 6.23. The molecule has 0 bridgehead atoms. The van der Waals surface area contributed by atoms with Crippen LogP contribution in [0.1, 0.15) is 22.4 Å². The van der Waals surface area contributed by atoms with E-state index in [9.17, 15) is 38.4 Å². The molecule has 10 amide bonds. The number of aryl methyl sites for hydroxylation is 1. The van der Waals surface area contributed by atoms with Crippen LogP contribution < -0.4 is 115 Å². The van der Waals surface area contributed by atoms with E-state index in [0.29, 0.717) is 134 Å². The molecule has 6 aromatic heterocycles.